The molecule has 88 valence electrons. The summed E-state index contributed by atoms with van der Waals surface area (Å²) in [5, 5.41) is 0. The first kappa shape index (κ1) is 11.5. The maximum Gasteiger partial charge on any atom is 0.125 e. The molecule has 5 heteroatoms. The molecule has 0 spiro atoms. The van der Waals surface area contributed by atoms with E-state index in [0.29, 0.717) is 23.7 Å². The molecule has 1 aromatic rings. The number of nitrogens with two attached hydrogens (primary N) is 1. The number of nitrogen functional groups attached to an aromatic ring is 1. The third kappa shape index (κ3) is 3.02. The van der Waals surface area contributed by atoms with Crippen molar-refractivity contribution in [2.24, 2.45) is 0 Å². The van der Waals surface area contributed by atoms with Crippen molar-refractivity contribution >= 4 is 16.5 Å². The quantitative estimate of drug-likeness (QED) is 0.786. The fraction of sp³-hybridized carbons (Fsp3) is 0.455. The van der Waals surface area contributed by atoms with Crippen molar-refractivity contribution in [2.75, 3.05) is 30.3 Å². The van der Waals surface area contributed by atoms with E-state index in [1.54, 1.807) is 6.07 Å². The number of benzene rings is 1. The number of nitrogens with zero attached hydrogens (tertiary/aromatic N) is 1. The predicted molar refractivity (Wildman–Crippen MR) is 64.0 cm³/mol. The molecule has 0 saturated carbocycles. The molecule has 1 aromatic carbocycles. The van der Waals surface area contributed by atoms with E-state index in [2.05, 4.69) is 4.90 Å². The standard InChI is InChI=1S/C11H15FN2OS/c12-10-5-9(6-11(13)7-10)8-14-1-3-16(15)4-2-14/h5-7H,1-4,8,13H2. The molecule has 0 radical (unpaired) electrons. The fourth-order valence-corrected chi connectivity index (χ4v) is 2.99. The lowest BCUT2D eigenvalue weighted by Crippen LogP contribution is -2.37. The molecule has 0 unspecified atom stereocenters. The summed E-state index contributed by atoms with van der Waals surface area (Å²) in [6.45, 7) is 2.30. The van der Waals surface area contributed by atoms with E-state index < -0.39 is 10.8 Å². The molecule has 0 amide bonds. The van der Waals surface area contributed by atoms with Crippen LogP contribution in [-0.4, -0.2) is 33.7 Å². The summed E-state index contributed by atoms with van der Waals surface area (Å²) in [6.07, 6.45) is 0. The largest absolute Gasteiger partial charge is 0.399 e. The Hall–Kier alpha value is -0.940. The third-order valence-corrected chi connectivity index (χ3v) is 3.93. The lowest BCUT2D eigenvalue weighted by Gasteiger charge is -2.26. The van der Waals surface area contributed by atoms with Gasteiger partial charge in [-0.15, -0.1) is 0 Å². The number of halogens is 1. The topological polar surface area (TPSA) is 46.3 Å². The average molecular weight is 242 g/mol. The Balaban J connectivity index is 2.00. The summed E-state index contributed by atoms with van der Waals surface area (Å²) >= 11 is 0. The monoisotopic (exact) mass is 242 g/mol. The second-order valence-corrected chi connectivity index (χ2v) is 5.71. The molecular weight excluding hydrogens is 227 g/mol. The van der Waals surface area contributed by atoms with Crippen molar-refractivity contribution in [3.05, 3.63) is 29.6 Å². The Bertz CT molecular complexity index is 381. The van der Waals surface area contributed by atoms with Gasteiger partial charge in [-0.25, -0.2) is 4.39 Å². The van der Waals surface area contributed by atoms with Crippen LogP contribution in [0.15, 0.2) is 18.2 Å². The Morgan fingerprint density at radius 3 is 2.62 bits per heavy atom. The van der Waals surface area contributed by atoms with E-state index >= 15 is 0 Å². The van der Waals surface area contributed by atoms with Gasteiger partial charge < -0.3 is 5.73 Å². The molecule has 0 aromatic heterocycles. The molecule has 1 heterocycles. The molecule has 2 rings (SSSR count). The Morgan fingerprint density at radius 1 is 1.31 bits per heavy atom. The summed E-state index contributed by atoms with van der Waals surface area (Å²) < 4.78 is 24.3. The van der Waals surface area contributed by atoms with Crippen molar-refractivity contribution in [1.82, 2.24) is 4.90 Å². The van der Waals surface area contributed by atoms with Gasteiger partial charge in [0.25, 0.3) is 0 Å². The third-order valence-electron chi connectivity index (χ3n) is 2.66. The zero-order chi connectivity index (χ0) is 11.5. The van der Waals surface area contributed by atoms with Crippen LogP contribution in [0.25, 0.3) is 0 Å². The summed E-state index contributed by atoms with van der Waals surface area (Å²) in [5.41, 5.74) is 6.91. The second kappa shape index (κ2) is 4.93. The van der Waals surface area contributed by atoms with Gasteiger partial charge >= 0.3 is 0 Å². The molecule has 0 aliphatic carbocycles. The minimum absolute atomic E-state index is 0.296. The minimum atomic E-state index is -0.668. The normalized spacial score (nSPS) is 18.8. The number of rotatable bonds is 2. The van der Waals surface area contributed by atoms with Crippen LogP contribution < -0.4 is 5.73 Å². The molecule has 0 bridgehead atoms. The van der Waals surface area contributed by atoms with Crippen LogP contribution >= 0.6 is 0 Å². The molecule has 16 heavy (non-hydrogen) atoms. The molecule has 1 aliphatic heterocycles. The van der Waals surface area contributed by atoms with E-state index in [4.69, 9.17) is 5.73 Å². The second-order valence-electron chi connectivity index (χ2n) is 4.02. The summed E-state index contributed by atoms with van der Waals surface area (Å²) in [7, 11) is -0.668. The number of hydrogen-bond donors (Lipinski definition) is 1. The summed E-state index contributed by atoms with van der Waals surface area (Å²) in [6, 6.07) is 4.60. The van der Waals surface area contributed by atoms with Crippen molar-refractivity contribution in [2.45, 2.75) is 6.54 Å². The number of anilines is 1. The predicted octanol–water partition coefficient (Wildman–Crippen LogP) is 0.972. The highest BCUT2D eigenvalue weighted by Crippen LogP contribution is 2.14. The van der Waals surface area contributed by atoms with Gasteiger partial charge in [0.2, 0.25) is 0 Å². The van der Waals surface area contributed by atoms with Gasteiger partial charge in [-0.2, -0.15) is 0 Å². The molecular formula is C11H15FN2OS. The van der Waals surface area contributed by atoms with E-state index in [1.165, 1.54) is 12.1 Å². The lowest BCUT2D eigenvalue weighted by atomic mass is 10.2. The van der Waals surface area contributed by atoms with Crippen LogP contribution in [0.3, 0.4) is 0 Å². The van der Waals surface area contributed by atoms with Gasteiger partial charge in [-0.1, -0.05) is 0 Å². The van der Waals surface area contributed by atoms with Crippen molar-refractivity contribution in [3.63, 3.8) is 0 Å². The number of hydrogen-bond acceptors (Lipinski definition) is 3. The van der Waals surface area contributed by atoms with Crippen LogP contribution in [0.4, 0.5) is 10.1 Å². The highest BCUT2D eigenvalue weighted by Gasteiger charge is 2.15. The van der Waals surface area contributed by atoms with Crippen LogP contribution in [0.2, 0.25) is 0 Å². The van der Waals surface area contributed by atoms with E-state index in [9.17, 15) is 8.60 Å². The van der Waals surface area contributed by atoms with Crippen LogP contribution in [0.5, 0.6) is 0 Å². The van der Waals surface area contributed by atoms with E-state index in [-0.39, 0.29) is 5.82 Å². The molecule has 3 nitrogen and oxygen atoms in total. The molecule has 0 atom stereocenters. The Morgan fingerprint density at radius 2 is 2.00 bits per heavy atom. The van der Waals surface area contributed by atoms with Gasteiger partial charge in [-0.05, 0) is 23.8 Å². The molecule has 1 saturated heterocycles. The van der Waals surface area contributed by atoms with Crippen LogP contribution in [0, 0.1) is 5.82 Å². The van der Waals surface area contributed by atoms with E-state index in [1.807, 2.05) is 0 Å². The average Bonchev–Trinajstić information content (AvgIpc) is 2.20. The Labute approximate surface area is 96.9 Å². The van der Waals surface area contributed by atoms with Crippen molar-refractivity contribution in [1.29, 1.82) is 0 Å². The summed E-state index contributed by atoms with van der Waals surface area (Å²) in [5.74, 6) is 1.13. The smallest absolute Gasteiger partial charge is 0.125 e. The lowest BCUT2D eigenvalue weighted by molar-refractivity contribution is 0.291. The van der Waals surface area contributed by atoms with E-state index in [0.717, 1.165) is 18.7 Å². The van der Waals surface area contributed by atoms with Crippen molar-refractivity contribution in [3.8, 4) is 0 Å². The fourth-order valence-electron chi connectivity index (χ4n) is 1.86. The van der Waals surface area contributed by atoms with Crippen LogP contribution in [0.1, 0.15) is 5.56 Å². The first-order valence-corrected chi connectivity index (χ1v) is 6.74. The minimum Gasteiger partial charge on any atom is -0.399 e. The first-order valence-electron chi connectivity index (χ1n) is 5.26. The van der Waals surface area contributed by atoms with Gasteiger partial charge in [0.15, 0.2) is 0 Å². The molecule has 1 aliphatic rings. The SMILES string of the molecule is Nc1cc(F)cc(CN2CCS(=O)CC2)c1. The van der Waals surface area contributed by atoms with Crippen molar-refractivity contribution < 1.29 is 8.60 Å². The highest BCUT2D eigenvalue weighted by molar-refractivity contribution is 7.85. The van der Waals surface area contributed by atoms with Gasteiger partial charge in [0, 0.05) is 47.6 Å². The Kier molecular flexibility index (Phi) is 3.56. The first-order chi connectivity index (χ1) is 7.63. The van der Waals surface area contributed by atoms with Crippen LogP contribution in [-0.2, 0) is 17.3 Å². The zero-order valence-electron chi connectivity index (χ0n) is 8.99. The molecule has 2 N–H and O–H groups in total. The zero-order valence-corrected chi connectivity index (χ0v) is 9.80. The molecule has 1 fully saturated rings. The van der Waals surface area contributed by atoms with Gasteiger partial charge in [0.1, 0.15) is 5.82 Å². The highest BCUT2D eigenvalue weighted by atomic mass is 32.2. The van der Waals surface area contributed by atoms with Gasteiger partial charge in [-0.3, -0.25) is 9.11 Å². The maximum atomic E-state index is 13.1. The maximum absolute atomic E-state index is 13.1. The summed E-state index contributed by atoms with van der Waals surface area (Å²) in [4.78, 5) is 2.18. The van der Waals surface area contributed by atoms with Gasteiger partial charge in [0.05, 0.1) is 0 Å².